The van der Waals surface area contributed by atoms with Crippen LogP contribution in [0.25, 0.3) is 0 Å². The summed E-state index contributed by atoms with van der Waals surface area (Å²) in [4.78, 5) is 17.9. The van der Waals surface area contributed by atoms with Crippen LogP contribution in [-0.2, 0) is 11.3 Å². The molecule has 4 heterocycles. The standard InChI is InChI=1S/C25H29N5O3/c1-18-5-7-20(8-6-18)22-15-23(24-4-3-13-32-24)30(26-22)25(31)17-29-11-9-28(10-12-29)16-21-14-19(2)33-27-21/h3-8,13-14,23H,9-12,15-17H2,1-2H3/t23-/m0/s1. The lowest BCUT2D eigenvalue weighted by Crippen LogP contribution is -2.49. The minimum absolute atomic E-state index is 0.000845. The number of hydrazone groups is 1. The van der Waals surface area contributed by atoms with Crippen LogP contribution in [0.15, 0.2) is 62.8 Å². The highest BCUT2D eigenvalue weighted by Gasteiger charge is 2.35. The first-order valence-electron chi connectivity index (χ1n) is 11.4. The van der Waals surface area contributed by atoms with E-state index in [0.29, 0.717) is 13.0 Å². The maximum Gasteiger partial charge on any atom is 0.257 e. The lowest BCUT2D eigenvalue weighted by molar-refractivity contribution is -0.135. The average molecular weight is 448 g/mol. The van der Waals surface area contributed by atoms with Gasteiger partial charge in [0.25, 0.3) is 5.91 Å². The Hall–Kier alpha value is -3.23. The van der Waals surface area contributed by atoms with Gasteiger partial charge in [0.1, 0.15) is 17.6 Å². The molecule has 8 heteroatoms. The number of aromatic nitrogens is 1. The van der Waals surface area contributed by atoms with Crippen LogP contribution in [0, 0.1) is 13.8 Å². The molecule has 0 bridgehead atoms. The Morgan fingerprint density at radius 3 is 2.48 bits per heavy atom. The fourth-order valence-corrected chi connectivity index (χ4v) is 4.45. The Balaban J connectivity index is 1.23. The third-order valence-electron chi connectivity index (χ3n) is 6.31. The summed E-state index contributed by atoms with van der Waals surface area (Å²) in [6, 6.07) is 13.8. The Bertz CT molecular complexity index is 1110. The molecule has 1 saturated heterocycles. The van der Waals surface area contributed by atoms with Gasteiger partial charge in [-0.1, -0.05) is 35.0 Å². The number of benzene rings is 1. The predicted octanol–water partition coefficient (Wildman–Crippen LogP) is 3.38. The minimum atomic E-state index is -0.208. The van der Waals surface area contributed by atoms with E-state index in [2.05, 4.69) is 46.1 Å². The molecule has 2 aliphatic rings. The van der Waals surface area contributed by atoms with Crippen LogP contribution in [0.5, 0.6) is 0 Å². The van der Waals surface area contributed by atoms with Gasteiger partial charge in [0, 0.05) is 45.2 Å². The van der Waals surface area contributed by atoms with E-state index >= 15 is 0 Å². The molecular formula is C25H29N5O3. The largest absolute Gasteiger partial charge is 0.467 e. The molecule has 8 nitrogen and oxygen atoms in total. The van der Waals surface area contributed by atoms with E-state index in [1.165, 1.54) is 5.56 Å². The molecule has 0 saturated carbocycles. The number of furan rings is 1. The third-order valence-corrected chi connectivity index (χ3v) is 6.31. The van der Waals surface area contributed by atoms with Gasteiger partial charge in [-0.25, -0.2) is 5.01 Å². The van der Waals surface area contributed by atoms with Gasteiger partial charge in [-0.15, -0.1) is 0 Å². The van der Waals surface area contributed by atoms with E-state index in [4.69, 9.17) is 14.0 Å². The monoisotopic (exact) mass is 447 g/mol. The highest BCUT2D eigenvalue weighted by Crippen LogP contribution is 2.33. The summed E-state index contributed by atoms with van der Waals surface area (Å²) in [5.41, 5.74) is 4.11. The summed E-state index contributed by atoms with van der Waals surface area (Å²) >= 11 is 0. The van der Waals surface area contributed by atoms with Crippen LogP contribution >= 0.6 is 0 Å². The second-order valence-corrected chi connectivity index (χ2v) is 8.87. The number of nitrogens with zero attached hydrogens (tertiary/aromatic N) is 5. The van der Waals surface area contributed by atoms with Gasteiger partial charge < -0.3 is 8.94 Å². The van der Waals surface area contributed by atoms with E-state index in [1.807, 2.05) is 25.1 Å². The number of amides is 1. The topological polar surface area (TPSA) is 78.3 Å². The normalized spacial score (nSPS) is 19.8. The molecule has 0 radical (unpaired) electrons. The van der Waals surface area contributed by atoms with Crippen molar-refractivity contribution in [3.05, 3.63) is 77.1 Å². The van der Waals surface area contributed by atoms with Gasteiger partial charge >= 0.3 is 0 Å². The number of hydrogen-bond acceptors (Lipinski definition) is 7. The fraction of sp³-hybridized carbons (Fsp3) is 0.400. The van der Waals surface area contributed by atoms with Crippen molar-refractivity contribution < 1.29 is 13.7 Å². The van der Waals surface area contributed by atoms with E-state index in [-0.39, 0.29) is 11.9 Å². The maximum atomic E-state index is 13.3. The first kappa shape index (κ1) is 21.6. The number of hydrogen-bond donors (Lipinski definition) is 0. The quantitative estimate of drug-likeness (QED) is 0.577. The van der Waals surface area contributed by atoms with Crippen molar-refractivity contribution in [2.45, 2.75) is 32.9 Å². The van der Waals surface area contributed by atoms with Crippen molar-refractivity contribution in [3.63, 3.8) is 0 Å². The summed E-state index contributed by atoms with van der Waals surface area (Å²) < 4.78 is 10.8. The third kappa shape index (κ3) is 4.91. The molecular weight excluding hydrogens is 418 g/mol. The molecule has 0 N–H and O–H groups in total. The molecule has 33 heavy (non-hydrogen) atoms. The first-order valence-corrected chi connectivity index (χ1v) is 11.4. The Kier molecular flexibility index (Phi) is 6.11. The highest BCUT2D eigenvalue weighted by molar-refractivity contribution is 6.03. The van der Waals surface area contributed by atoms with Crippen LogP contribution in [-0.4, -0.2) is 64.3 Å². The van der Waals surface area contributed by atoms with E-state index in [9.17, 15) is 4.79 Å². The molecule has 5 rings (SSSR count). The second-order valence-electron chi connectivity index (χ2n) is 8.87. The first-order chi connectivity index (χ1) is 16.0. The zero-order valence-electron chi connectivity index (χ0n) is 19.1. The summed E-state index contributed by atoms with van der Waals surface area (Å²) in [5.74, 6) is 1.59. The van der Waals surface area contributed by atoms with Gasteiger partial charge in [-0.3, -0.25) is 14.6 Å². The van der Waals surface area contributed by atoms with Crippen LogP contribution in [0.4, 0.5) is 0 Å². The van der Waals surface area contributed by atoms with Gasteiger partial charge in [-0.2, -0.15) is 5.10 Å². The molecule has 3 aromatic rings. The maximum absolute atomic E-state index is 13.3. The van der Waals surface area contributed by atoms with Crippen LogP contribution in [0.3, 0.4) is 0 Å². The molecule has 1 fully saturated rings. The van der Waals surface area contributed by atoms with Gasteiger partial charge in [0.05, 0.1) is 24.2 Å². The Labute approximate surface area is 193 Å². The molecule has 1 atom stereocenters. The molecule has 1 aromatic carbocycles. The zero-order chi connectivity index (χ0) is 22.8. The lowest BCUT2D eigenvalue weighted by Gasteiger charge is -2.34. The minimum Gasteiger partial charge on any atom is -0.467 e. The summed E-state index contributed by atoms with van der Waals surface area (Å²) in [6.07, 6.45) is 2.30. The fourth-order valence-electron chi connectivity index (χ4n) is 4.45. The molecule has 0 aliphatic carbocycles. The van der Waals surface area contributed by atoms with Crippen molar-refractivity contribution in [2.24, 2.45) is 5.10 Å². The van der Waals surface area contributed by atoms with E-state index in [0.717, 1.165) is 61.2 Å². The van der Waals surface area contributed by atoms with Crippen molar-refractivity contribution in [1.82, 2.24) is 20.0 Å². The lowest BCUT2D eigenvalue weighted by atomic mass is 10.0. The number of carbonyl (C=O) groups is 1. The Morgan fingerprint density at radius 2 is 1.82 bits per heavy atom. The summed E-state index contributed by atoms with van der Waals surface area (Å²) in [5, 5.41) is 10.5. The molecule has 0 spiro atoms. The van der Waals surface area contributed by atoms with Gasteiger partial charge in [-0.05, 0) is 31.5 Å². The molecule has 172 valence electrons. The number of carbonyl (C=O) groups excluding carboxylic acids is 1. The van der Waals surface area contributed by atoms with Crippen molar-refractivity contribution in [2.75, 3.05) is 32.7 Å². The summed E-state index contributed by atoms with van der Waals surface area (Å²) in [6.45, 7) is 8.52. The molecule has 1 amide bonds. The smallest absolute Gasteiger partial charge is 0.257 e. The molecule has 2 aromatic heterocycles. The summed E-state index contributed by atoms with van der Waals surface area (Å²) in [7, 11) is 0. The van der Waals surface area contributed by atoms with Crippen molar-refractivity contribution in [1.29, 1.82) is 0 Å². The van der Waals surface area contributed by atoms with Crippen molar-refractivity contribution >= 4 is 11.6 Å². The Morgan fingerprint density at radius 1 is 1.06 bits per heavy atom. The van der Waals surface area contributed by atoms with E-state index < -0.39 is 0 Å². The predicted molar refractivity (Wildman–Crippen MR) is 124 cm³/mol. The highest BCUT2D eigenvalue weighted by atomic mass is 16.5. The molecule has 0 unspecified atom stereocenters. The number of rotatable bonds is 6. The van der Waals surface area contributed by atoms with Crippen LogP contribution in [0.1, 0.15) is 40.8 Å². The van der Waals surface area contributed by atoms with Gasteiger partial charge in [0.15, 0.2) is 0 Å². The van der Waals surface area contributed by atoms with Crippen LogP contribution in [0.2, 0.25) is 0 Å². The van der Waals surface area contributed by atoms with E-state index in [1.54, 1.807) is 11.3 Å². The number of aryl methyl sites for hydroxylation is 2. The van der Waals surface area contributed by atoms with Gasteiger partial charge in [0.2, 0.25) is 0 Å². The average Bonchev–Trinajstić information content (AvgIpc) is 3.56. The second kappa shape index (κ2) is 9.33. The SMILES string of the molecule is Cc1ccc(C2=NN(C(=O)CN3CCN(Cc4cc(C)on4)CC3)[C@H](c3ccco3)C2)cc1. The number of piperazine rings is 1. The van der Waals surface area contributed by atoms with Crippen molar-refractivity contribution in [3.8, 4) is 0 Å². The zero-order valence-corrected chi connectivity index (χ0v) is 19.1. The molecule has 2 aliphatic heterocycles. The van der Waals surface area contributed by atoms with Crippen LogP contribution < -0.4 is 0 Å².